The van der Waals surface area contributed by atoms with Crippen molar-refractivity contribution >= 4 is 0 Å². The summed E-state index contributed by atoms with van der Waals surface area (Å²) in [4.78, 5) is 0. The first kappa shape index (κ1) is 7.41. The second-order valence-electron chi connectivity index (χ2n) is 2.89. The predicted octanol–water partition coefficient (Wildman–Crippen LogP) is 2.76. The van der Waals surface area contributed by atoms with Crippen LogP contribution in [-0.4, -0.2) is 0 Å². The molecule has 1 aliphatic carbocycles. The fraction of sp³-hybridized carbons (Fsp3) is 0.600. The van der Waals surface area contributed by atoms with Crippen LogP contribution >= 0.6 is 0 Å². The Morgan fingerprint density at radius 1 is 1.50 bits per heavy atom. The maximum absolute atomic E-state index is 5.18. The molecule has 1 unspecified atom stereocenters. The Morgan fingerprint density at radius 3 is 3.00 bits per heavy atom. The lowest BCUT2D eigenvalue weighted by molar-refractivity contribution is 0.452. The van der Waals surface area contributed by atoms with E-state index in [1.54, 1.807) is 0 Å². The van der Waals surface area contributed by atoms with Crippen molar-refractivity contribution in [1.82, 2.24) is 0 Å². The maximum atomic E-state index is 5.18. The van der Waals surface area contributed by atoms with E-state index < -0.39 is 0 Å². The Kier molecular flexibility index (Phi) is 3.09. The van der Waals surface area contributed by atoms with Gasteiger partial charge in [0.05, 0.1) is 0 Å². The summed E-state index contributed by atoms with van der Waals surface area (Å²) in [6.45, 7) is 0. The van der Waals surface area contributed by atoms with Crippen LogP contribution in [0.25, 0.3) is 0 Å². The highest BCUT2D eigenvalue weighted by atomic mass is 14.1. The standard InChI is InChI=1S/C10H14/c1-2-3-7-10-8-5-4-6-9-10/h1,4-5,10H,3,6-9H2. The van der Waals surface area contributed by atoms with Crippen LogP contribution in [0.1, 0.15) is 32.1 Å². The van der Waals surface area contributed by atoms with E-state index in [0.29, 0.717) is 0 Å². The Labute approximate surface area is 63.3 Å². The summed E-state index contributed by atoms with van der Waals surface area (Å²) in [6.07, 6.45) is 15.8. The molecule has 0 spiro atoms. The molecule has 0 saturated carbocycles. The quantitative estimate of drug-likeness (QED) is 0.402. The number of hydrogen-bond donors (Lipinski definition) is 0. The Bertz CT molecular complexity index is 148. The van der Waals surface area contributed by atoms with E-state index in [0.717, 1.165) is 12.3 Å². The van der Waals surface area contributed by atoms with Gasteiger partial charge in [0.2, 0.25) is 0 Å². The van der Waals surface area contributed by atoms with Gasteiger partial charge in [-0.15, -0.1) is 12.3 Å². The van der Waals surface area contributed by atoms with E-state index in [1.165, 1.54) is 25.7 Å². The molecule has 54 valence electrons. The van der Waals surface area contributed by atoms with Crippen LogP contribution in [0.4, 0.5) is 0 Å². The Hall–Kier alpha value is -0.700. The molecular weight excluding hydrogens is 120 g/mol. The predicted molar refractivity (Wildman–Crippen MR) is 44.5 cm³/mol. The topological polar surface area (TPSA) is 0 Å². The van der Waals surface area contributed by atoms with Crippen LogP contribution < -0.4 is 0 Å². The summed E-state index contributed by atoms with van der Waals surface area (Å²) in [6, 6.07) is 0. The van der Waals surface area contributed by atoms with Gasteiger partial charge in [0.25, 0.3) is 0 Å². The minimum absolute atomic E-state index is 0.876. The van der Waals surface area contributed by atoms with Crippen LogP contribution in [0.5, 0.6) is 0 Å². The monoisotopic (exact) mass is 134 g/mol. The highest BCUT2D eigenvalue weighted by Gasteiger charge is 2.07. The van der Waals surface area contributed by atoms with Gasteiger partial charge in [0.1, 0.15) is 0 Å². The molecule has 0 fully saturated rings. The lowest BCUT2D eigenvalue weighted by Crippen LogP contribution is -2.01. The van der Waals surface area contributed by atoms with Crippen molar-refractivity contribution < 1.29 is 0 Å². The van der Waals surface area contributed by atoms with Gasteiger partial charge >= 0.3 is 0 Å². The molecule has 0 saturated heterocycles. The van der Waals surface area contributed by atoms with Gasteiger partial charge in [-0.1, -0.05) is 12.2 Å². The molecule has 0 aromatic heterocycles. The lowest BCUT2D eigenvalue weighted by Gasteiger charge is -2.15. The summed E-state index contributed by atoms with van der Waals surface area (Å²) in [7, 11) is 0. The molecule has 1 rings (SSSR count). The molecule has 10 heavy (non-hydrogen) atoms. The number of hydrogen-bond acceptors (Lipinski definition) is 0. The molecular formula is C10H14. The maximum Gasteiger partial charge on any atom is 0.00888 e. The zero-order valence-electron chi connectivity index (χ0n) is 6.34. The average molecular weight is 134 g/mol. The van der Waals surface area contributed by atoms with Crippen molar-refractivity contribution in [2.45, 2.75) is 32.1 Å². The molecule has 0 heterocycles. The average Bonchev–Trinajstić information content (AvgIpc) is 2.03. The molecule has 0 nitrogen and oxygen atoms in total. The molecule has 0 N–H and O–H groups in total. The lowest BCUT2D eigenvalue weighted by atomic mass is 9.90. The van der Waals surface area contributed by atoms with Gasteiger partial charge in [-0.3, -0.25) is 0 Å². The Morgan fingerprint density at radius 2 is 2.40 bits per heavy atom. The minimum atomic E-state index is 0.876. The molecule has 0 radical (unpaired) electrons. The van der Waals surface area contributed by atoms with Crippen LogP contribution in [0.3, 0.4) is 0 Å². The highest BCUT2D eigenvalue weighted by Crippen LogP contribution is 2.22. The first-order valence-corrected chi connectivity index (χ1v) is 4.02. The molecule has 0 aromatic rings. The number of allylic oxidation sites excluding steroid dienone is 2. The minimum Gasteiger partial charge on any atom is -0.120 e. The molecule has 0 aliphatic heterocycles. The van der Waals surface area contributed by atoms with E-state index >= 15 is 0 Å². The van der Waals surface area contributed by atoms with E-state index in [4.69, 9.17) is 6.42 Å². The van der Waals surface area contributed by atoms with Gasteiger partial charge in [-0.05, 0) is 31.6 Å². The summed E-state index contributed by atoms with van der Waals surface area (Å²) in [5.41, 5.74) is 0. The molecule has 0 heteroatoms. The van der Waals surface area contributed by atoms with Crippen LogP contribution in [0.2, 0.25) is 0 Å². The van der Waals surface area contributed by atoms with Crippen LogP contribution in [0, 0.1) is 18.3 Å². The summed E-state index contributed by atoms with van der Waals surface area (Å²) in [5, 5.41) is 0. The molecule has 1 atom stereocenters. The normalized spacial score (nSPS) is 24.1. The van der Waals surface area contributed by atoms with E-state index in [2.05, 4.69) is 18.1 Å². The van der Waals surface area contributed by atoms with Crippen molar-refractivity contribution in [3.05, 3.63) is 12.2 Å². The third-order valence-electron chi connectivity index (χ3n) is 2.07. The van der Waals surface area contributed by atoms with Gasteiger partial charge in [-0.25, -0.2) is 0 Å². The largest absolute Gasteiger partial charge is 0.120 e. The first-order chi connectivity index (χ1) is 4.93. The highest BCUT2D eigenvalue weighted by molar-refractivity contribution is 4.92. The fourth-order valence-electron chi connectivity index (χ4n) is 1.41. The van der Waals surface area contributed by atoms with Crippen LogP contribution in [0.15, 0.2) is 12.2 Å². The first-order valence-electron chi connectivity index (χ1n) is 4.02. The van der Waals surface area contributed by atoms with Crippen LogP contribution in [-0.2, 0) is 0 Å². The molecule has 0 aromatic carbocycles. The van der Waals surface area contributed by atoms with E-state index in [9.17, 15) is 0 Å². The van der Waals surface area contributed by atoms with Crippen molar-refractivity contribution in [1.29, 1.82) is 0 Å². The molecule has 1 aliphatic rings. The van der Waals surface area contributed by atoms with Gasteiger partial charge in [0.15, 0.2) is 0 Å². The smallest absolute Gasteiger partial charge is 0.00888 e. The summed E-state index contributed by atoms with van der Waals surface area (Å²) in [5.74, 6) is 3.57. The Balaban J connectivity index is 2.17. The fourth-order valence-corrected chi connectivity index (χ4v) is 1.41. The van der Waals surface area contributed by atoms with Crippen molar-refractivity contribution in [2.24, 2.45) is 5.92 Å². The third-order valence-corrected chi connectivity index (χ3v) is 2.07. The van der Waals surface area contributed by atoms with Gasteiger partial charge < -0.3 is 0 Å². The SMILES string of the molecule is C#CCCC1CC=CCC1. The van der Waals surface area contributed by atoms with Crippen molar-refractivity contribution in [3.8, 4) is 12.3 Å². The zero-order chi connectivity index (χ0) is 7.23. The number of rotatable bonds is 2. The third kappa shape index (κ3) is 2.27. The van der Waals surface area contributed by atoms with Crippen molar-refractivity contribution in [2.75, 3.05) is 0 Å². The second-order valence-corrected chi connectivity index (χ2v) is 2.89. The summed E-state index contributed by atoms with van der Waals surface area (Å²) < 4.78 is 0. The number of terminal acetylenes is 1. The van der Waals surface area contributed by atoms with Gasteiger partial charge in [0, 0.05) is 6.42 Å². The summed E-state index contributed by atoms with van der Waals surface area (Å²) >= 11 is 0. The van der Waals surface area contributed by atoms with Gasteiger partial charge in [-0.2, -0.15) is 0 Å². The van der Waals surface area contributed by atoms with E-state index in [-0.39, 0.29) is 0 Å². The van der Waals surface area contributed by atoms with E-state index in [1.807, 2.05) is 0 Å². The zero-order valence-corrected chi connectivity index (χ0v) is 6.34. The molecule has 0 bridgehead atoms. The van der Waals surface area contributed by atoms with Crippen molar-refractivity contribution in [3.63, 3.8) is 0 Å². The second kappa shape index (κ2) is 4.17. The molecule has 0 amide bonds.